The Bertz CT molecular complexity index is 566. The number of anilines is 1. The van der Waals surface area contributed by atoms with Crippen LogP contribution in [0.3, 0.4) is 0 Å². The van der Waals surface area contributed by atoms with E-state index in [0.29, 0.717) is 11.7 Å². The molecule has 1 aromatic carbocycles. The molecule has 2 aromatic rings. The molecule has 2 N–H and O–H groups in total. The van der Waals surface area contributed by atoms with Gasteiger partial charge in [0.1, 0.15) is 5.82 Å². The summed E-state index contributed by atoms with van der Waals surface area (Å²) < 4.78 is 15.0. The Morgan fingerprint density at radius 3 is 2.74 bits per heavy atom. The number of halogens is 1. The molecule has 102 valence electrons. The highest BCUT2D eigenvalue weighted by Gasteiger charge is 2.19. The third-order valence-electron chi connectivity index (χ3n) is 3.60. The van der Waals surface area contributed by atoms with Gasteiger partial charge in [-0.15, -0.1) is 5.10 Å². The first-order chi connectivity index (χ1) is 9.04. The molecular weight excluding hydrogens is 245 g/mol. The van der Waals surface area contributed by atoms with Crippen molar-refractivity contribution in [2.45, 2.75) is 33.2 Å². The molecular formula is C13H18FN5. The van der Waals surface area contributed by atoms with Gasteiger partial charge in [0.05, 0.1) is 11.7 Å². The summed E-state index contributed by atoms with van der Waals surface area (Å²) in [5.74, 6) is 0.622. The van der Waals surface area contributed by atoms with Crippen molar-refractivity contribution in [1.29, 1.82) is 0 Å². The first kappa shape index (κ1) is 13.5. The van der Waals surface area contributed by atoms with Crippen molar-refractivity contribution in [2.75, 3.05) is 5.73 Å². The maximum absolute atomic E-state index is 13.2. The first-order valence-electron chi connectivity index (χ1n) is 6.37. The first-order valence-corrected chi connectivity index (χ1v) is 6.37. The average molecular weight is 263 g/mol. The van der Waals surface area contributed by atoms with Crippen LogP contribution in [0.4, 0.5) is 10.1 Å². The molecule has 0 aliphatic heterocycles. The molecule has 2 unspecified atom stereocenters. The molecule has 1 aromatic heterocycles. The summed E-state index contributed by atoms with van der Waals surface area (Å²) >= 11 is 0. The number of benzene rings is 1. The fraction of sp³-hybridized carbons (Fsp3) is 0.462. The Balaban J connectivity index is 2.41. The highest BCUT2D eigenvalue weighted by Crippen LogP contribution is 2.26. The van der Waals surface area contributed by atoms with Crippen molar-refractivity contribution in [3.05, 3.63) is 24.0 Å². The van der Waals surface area contributed by atoms with Crippen LogP contribution in [-0.4, -0.2) is 20.2 Å². The zero-order valence-corrected chi connectivity index (χ0v) is 11.3. The summed E-state index contributed by atoms with van der Waals surface area (Å²) in [6.07, 6.45) is 1.03. The van der Waals surface area contributed by atoms with Crippen LogP contribution in [0, 0.1) is 11.7 Å². The monoisotopic (exact) mass is 263 g/mol. The highest BCUT2D eigenvalue weighted by molar-refractivity contribution is 5.61. The summed E-state index contributed by atoms with van der Waals surface area (Å²) in [6.45, 7) is 6.34. The van der Waals surface area contributed by atoms with Crippen LogP contribution in [0.15, 0.2) is 18.2 Å². The molecule has 0 aliphatic rings. The van der Waals surface area contributed by atoms with E-state index in [9.17, 15) is 4.39 Å². The number of hydrogen-bond acceptors (Lipinski definition) is 4. The van der Waals surface area contributed by atoms with Crippen LogP contribution in [0.25, 0.3) is 11.4 Å². The molecule has 1 heterocycles. The molecule has 2 rings (SSSR count). The Hall–Kier alpha value is -1.98. The summed E-state index contributed by atoms with van der Waals surface area (Å²) in [5, 5.41) is 11.8. The van der Waals surface area contributed by atoms with Gasteiger partial charge < -0.3 is 5.73 Å². The lowest BCUT2D eigenvalue weighted by molar-refractivity contribution is 0.340. The maximum Gasteiger partial charge on any atom is 0.182 e. The largest absolute Gasteiger partial charge is 0.396 e. The lowest BCUT2D eigenvalue weighted by Gasteiger charge is -2.19. The van der Waals surface area contributed by atoms with E-state index in [4.69, 9.17) is 5.73 Å². The predicted octanol–water partition coefficient (Wildman–Crippen LogP) is 2.67. The van der Waals surface area contributed by atoms with Crippen LogP contribution in [0.1, 0.15) is 33.2 Å². The van der Waals surface area contributed by atoms with Crippen LogP contribution < -0.4 is 5.73 Å². The summed E-state index contributed by atoms with van der Waals surface area (Å²) in [7, 11) is 0. The molecule has 0 saturated heterocycles. The standard InChI is InChI=1S/C13H18FN5/c1-4-8(2)9(3)19-13(16-17-18-19)10-5-6-11(14)12(15)7-10/h5-9H,4,15H2,1-3H3. The van der Waals surface area contributed by atoms with Gasteiger partial charge in [-0.25, -0.2) is 9.07 Å². The fourth-order valence-electron chi connectivity index (χ4n) is 1.92. The smallest absolute Gasteiger partial charge is 0.182 e. The molecule has 0 saturated carbocycles. The summed E-state index contributed by atoms with van der Waals surface area (Å²) in [6, 6.07) is 4.69. The lowest BCUT2D eigenvalue weighted by atomic mass is 10.0. The number of nitrogens with two attached hydrogens (primary N) is 1. The third-order valence-corrected chi connectivity index (χ3v) is 3.60. The van der Waals surface area contributed by atoms with E-state index in [1.54, 1.807) is 16.8 Å². The van der Waals surface area contributed by atoms with Gasteiger partial charge in [-0.1, -0.05) is 20.3 Å². The van der Waals surface area contributed by atoms with Gasteiger partial charge in [-0.3, -0.25) is 0 Å². The molecule has 6 heteroatoms. The molecule has 0 amide bonds. The maximum atomic E-state index is 13.2. The molecule has 0 fully saturated rings. The Morgan fingerprint density at radius 1 is 1.37 bits per heavy atom. The van der Waals surface area contributed by atoms with Gasteiger partial charge in [0, 0.05) is 5.56 Å². The van der Waals surface area contributed by atoms with Crippen LogP contribution in [0.2, 0.25) is 0 Å². The Labute approximate surface area is 111 Å². The van der Waals surface area contributed by atoms with E-state index in [2.05, 4.69) is 36.3 Å². The second-order valence-electron chi connectivity index (χ2n) is 4.81. The zero-order chi connectivity index (χ0) is 14.0. The minimum absolute atomic E-state index is 0.100. The number of aromatic nitrogens is 4. The average Bonchev–Trinajstić information content (AvgIpc) is 2.89. The molecule has 0 radical (unpaired) electrons. The van der Waals surface area contributed by atoms with Crippen LogP contribution in [0.5, 0.6) is 0 Å². The van der Waals surface area contributed by atoms with Crippen molar-refractivity contribution in [1.82, 2.24) is 20.2 Å². The number of rotatable bonds is 4. The SMILES string of the molecule is CCC(C)C(C)n1nnnc1-c1ccc(F)c(N)c1. The van der Waals surface area contributed by atoms with Crippen molar-refractivity contribution < 1.29 is 4.39 Å². The van der Waals surface area contributed by atoms with E-state index in [-0.39, 0.29) is 11.7 Å². The number of nitrogens with zero attached hydrogens (tertiary/aromatic N) is 4. The minimum atomic E-state index is -0.433. The van der Waals surface area contributed by atoms with Crippen LogP contribution >= 0.6 is 0 Å². The van der Waals surface area contributed by atoms with E-state index in [1.807, 2.05) is 0 Å². The minimum Gasteiger partial charge on any atom is -0.396 e. The summed E-state index contributed by atoms with van der Waals surface area (Å²) in [4.78, 5) is 0. The third kappa shape index (κ3) is 2.57. The lowest BCUT2D eigenvalue weighted by Crippen LogP contribution is -2.16. The van der Waals surface area contributed by atoms with Crippen molar-refractivity contribution in [3.63, 3.8) is 0 Å². The number of hydrogen-bond donors (Lipinski definition) is 1. The second-order valence-corrected chi connectivity index (χ2v) is 4.81. The van der Waals surface area contributed by atoms with Gasteiger partial charge in [0.2, 0.25) is 0 Å². The predicted molar refractivity (Wildman–Crippen MR) is 71.8 cm³/mol. The zero-order valence-electron chi connectivity index (χ0n) is 11.3. The molecule has 19 heavy (non-hydrogen) atoms. The van der Waals surface area contributed by atoms with Crippen molar-refractivity contribution in [3.8, 4) is 11.4 Å². The van der Waals surface area contributed by atoms with Gasteiger partial charge in [-0.05, 0) is 41.5 Å². The van der Waals surface area contributed by atoms with Crippen molar-refractivity contribution >= 4 is 5.69 Å². The summed E-state index contributed by atoms with van der Waals surface area (Å²) in [5.41, 5.74) is 6.41. The molecule has 2 atom stereocenters. The van der Waals surface area contributed by atoms with E-state index in [0.717, 1.165) is 12.0 Å². The Kier molecular flexibility index (Phi) is 3.78. The Morgan fingerprint density at radius 2 is 2.11 bits per heavy atom. The molecule has 0 spiro atoms. The quantitative estimate of drug-likeness (QED) is 0.861. The van der Waals surface area contributed by atoms with Gasteiger partial charge >= 0.3 is 0 Å². The fourth-order valence-corrected chi connectivity index (χ4v) is 1.92. The van der Waals surface area contributed by atoms with E-state index in [1.165, 1.54) is 6.07 Å². The van der Waals surface area contributed by atoms with Gasteiger partial charge in [-0.2, -0.15) is 0 Å². The van der Waals surface area contributed by atoms with Crippen LogP contribution in [-0.2, 0) is 0 Å². The molecule has 0 bridgehead atoms. The number of tetrazole rings is 1. The van der Waals surface area contributed by atoms with Gasteiger partial charge in [0.15, 0.2) is 5.82 Å². The topological polar surface area (TPSA) is 69.6 Å². The van der Waals surface area contributed by atoms with E-state index < -0.39 is 5.82 Å². The molecule has 5 nitrogen and oxygen atoms in total. The highest BCUT2D eigenvalue weighted by atomic mass is 19.1. The second kappa shape index (κ2) is 5.34. The van der Waals surface area contributed by atoms with E-state index >= 15 is 0 Å². The van der Waals surface area contributed by atoms with Gasteiger partial charge in [0.25, 0.3) is 0 Å². The van der Waals surface area contributed by atoms with Crippen molar-refractivity contribution in [2.24, 2.45) is 5.92 Å². The number of nitrogen functional groups attached to an aromatic ring is 1. The molecule has 0 aliphatic carbocycles. The normalized spacial score (nSPS) is 14.3.